The molecule has 2 heterocycles. The Bertz CT molecular complexity index is 816. The zero-order valence-corrected chi connectivity index (χ0v) is 13.0. The monoisotopic (exact) mass is 311 g/mol. The Kier molecular flexibility index (Phi) is 4.18. The number of anilines is 1. The Morgan fingerprint density at radius 2 is 2.04 bits per heavy atom. The zero-order chi connectivity index (χ0) is 16.2. The van der Waals surface area contributed by atoms with Gasteiger partial charge in [0, 0.05) is 7.05 Å². The average molecular weight is 311 g/mol. The van der Waals surface area contributed by atoms with Crippen LogP contribution in [0.25, 0.3) is 16.7 Å². The molecule has 1 aromatic carbocycles. The molecule has 7 nitrogen and oxygen atoms in total. The fraction of sp³-hybridized carbons (Fsp3) is 0.250. The van der Waals surface area contributed by atoms with Crippen LogP contribution >= 0.6 is 0 Å². The van der Waals surface area contributed by atoms with Gasteiger partial charge in [0.15, 0.2) is 5.65 Å². The number of carbonyl (C=O) groups excluding carboxylic acids is 1. The molecule has 0 fully saturated rings. The van der Waals surface area contributed by atoms with Crippen molar-refractivity contribution in [3.05, 3.63) is 42.9 Å². The van der Waals surface area contributed by atoms with E-state index in [-0.39, 0.29) is 12.5 Å². The molecule has 7 heteroatoms. The fourth-order valence-electron chi connectivity index (χ4n) is 2.37. The lowest BCUT2D eigenvalue weighted by atomic mass is 10.3. The van der Waals surface area contributed by atoms with Gasteiger partial charge in [-0.15, -0.1) is 0 Å². The van der Waals surface area contributed by atoms with Crippen molar-refractivity contribution < 1.29 is 9.53 Å². The number of ether oxygens (including phenoxy) is 1. The summed E-state index contributed by atoms with van der Waals surface area (Å²) in [6.45, 7) is 2.26. The standard InChI is InChI=1S/C16H17N5O2/c1-3-23-14(22)10-20(2)15-13-9-19-21(16(13)18-11-17-15)12-7-5-4-6-8-12/h4-9,11H,3,10H2,1-2H3. The number of para-hydroxylation sites is 1. The maximum Gasteiger partial charge on any atom is 0.325 e. The van der Waals surface area contributed by atoms with Crippen molar-refractivity contribution in [2.75, 3.05) is 25.1 Å². The van der Waals surface area contributed by atoms with Crippen LogP contribution < -0.4 is 4.90 Å². The molecular weight excluding hydrogens is 294 g/mol. The molecule has 0 saturated heterocycles. The second-order valence-electron chi connectivity index (χ2n) is 4.99. The van der Waals surface area contributed by atoms with Crippen molar-refractivity contribution in [1.82, 2.24) is 19.7 Å². The van der Waals surface area contributed by atoms with Gasteiger partial charge in [0.05, 0.1) is 23.9 Å². The number of rotatable bonds is 5. The average Bonchev–Trinajstić information content (AvgIpc) is 2.99. The highest BCUT2D eigenvalue weighted by atomic mass is 16.5. The predicted molar refractivity (Wildman–Crippen MR) is 86.6 cm³/mol. The molecule has 0 radical (unpaired) electrons. The quantitative estimate of drug-likeness (QED) is 0.669. The summed E-state index contributed by atoms with van der Waals surface area (Å²) in [5.74, 6) is 0.349. The van der Waals surface area contributed by atoms with E-state index in [0.29, 0.717) is 18.1 Å². The smallest absolute Gasteiger partial charge is 0.325 e. The van der Waals surface area contributed by atoms with Crippen molar-refractivity contribution in [3.63, 3.8) is 0 Å². The van der Waals surface area contributed by atoms with Gasteiger partial charge in [0.1, 0.15) is 18.7 Å². The maximum atomic E-state index is 11.7. The van der Waals surface area contributed by atoms with E-state index >= 15 is 0 Å². The van der Waals surface area contributed by atoms with Crippen molar-refractivity contribution in [1.29, 1.82) is 0 Å². The number of esters is 1. The van der Waals surface area contributed by atoms with Crippen LogP contribution in [0.1, 0.15) is 6.92 Å². The number of benzene rings is 1. The van der Waals surface area contributed by atoms with Crippen molar-refractivity contribution in [2.45, 2.75) is 6.92 Å². The Morgan fingerprint density at radius 3 is 2.78 bits per heavy atom. The van der Waals surface area contributed by atoms with Gasteiger partial charge in [-0.2, -0.15) is 5.10 Å². The second-order valence-corrected chi connectivity index (χ2v) is 4.99. The first kappa shape index (κ1) is 15.0. The number of carbonyl (C=O) groups is 1. The Labute approximate surface area is 133 Å². The summed E-state index contributed by atoms with van der Waals surface area (Å²) in [5.41, 5.74) is 1.61. The summed E-state index contributed by atoms with van der Waals surface area (Å²) in [4.78, 5) is 22.0. The zero-order valence-electron chi connectivity index (χ0n) is 13.0. The molecule has 0 spiro atoms. The van der Waals surface area contributed by atoms with E-state index in [1.165, 1.54) is 6.33 Å². The van der Waals surface area contributed by atoms with E-state index in [1.807, 2.05) is 30.3 Å². The number of fused-ring (bicyclic) bond motifs is 1. The Hall–Kier alpha value is -2.96. The molecule has 0 atom stereocenters. The van der Waals surface area contributed by atoms with Crippen molar-refractivity contribution >= 4 is 22.8 Å². The molecule has 0 aliphatic heterocycles. The molecule has 0 N–H and O–H groups in total. The third-order valence-electron chi connectivity index (χ3n) is 3.38. The molecule has 2 aromatic heterocycles. The fourth-order valence-corrected chi connectivity index (χ4v) is 2.37. The van der Waals surface area contributed by atoms with Crippen molar-refractivity contribution in [3.8, 4) is 5.69 Å². The van der Waals surface area contributed by atoms with Gasteiger partial charge in [-0.3, -0.25) is 4.79 Å². The van der Waals surface area contributed by atoms with E-state index in [4.69, 9.17) is 4.74 Å². The first-order valence-corrected chi connectivity index (χ1v) is 7.31. The summed E-state index contributed by atoms with van der Waals surface area (Å²) in [7, 11) is 1.79. The molecule has 0 saturated carbocycles. The van der Waals surface area contributed by atoms with Gasteiger partial charge in [-0.25, -0.2) is 14.6 Å². The van der Waals surface area contributed by atoms with Crippen LogP contribution in [0.15, 0.2) is 42.9 Å². The highest BCUT2D eigenvalue weighted by Gasteiger charge is 2.16. The molecule has 118 valence electrons. The Morgan fingerprint density at radius 1 is 1.26 bits per heavy atom. The third kappa shape index (κ3) is 2.98. The number of nitrogens with zero attached hydrogens (tertiary/aromatic N) is 5. The highest BCUT2D eigenvalue weighted by molar-refractivity contribution is 5.89. The minimum atomic E-state index is -0.294. The highest BCUT2D eigenvalue weighted by Crippen LogP contribution is 2.23. The maximum absolute atomic E-state index is 11.7. The van der Waals surface area contributed by atoms with Crippen LogP contribution in [-0.4, -0.2) is 45.9 Å². The second kappa shape index (κ2) is 6.43. The number of aromatic nitrogens is 4. The molecule has 23 heavy (non-hydrogen) atoms. The van der Waals surface area contributed by atoms with Crippen LogP contribution in [0.4, 0.5) is 5.82 Å². The molecule has 3 rings (SSSR count). The third-order valence-corrected chi connectivity index (χ3v) is 3.38. The van der Waals surface area contributed by atoms with Crippen LogP contribution in [0, 0.1) is 0 Å². The molecule has 0 aliphatic carbocycles. The predicted octanol–water partition coefficient (Wildman–Crippen LogP) is 1.81. The SMILES string of the molecule is CCOC(=O)CN(C)c1ncnc2c1cnn2-c1ccccc1. The summed E-state index contributed by atoms with van der Waals surface area (Å²) < 4.78 is 6.72. The molecule has 3 aromatic rings. The lowest BCUT2D eigenvalue weighted by Gasteiger charge is -2.17. The topological polar surface area (TPSA) is 73.1 Å². The lowest BCUT2D eigenvalue weighted by molar-refractivity contribution is -0.141. The number of hydrogen-bond donors (Lipinski definition) is 0. The summed E-state index contributed by atoms with van der Waals surface area (Å²) >= 11 is 0. The first-order chi connectivity index (χ1) is 11.2. The minimum Gasteiger partial charge on any atom is -0.465 e. The summed E-state index contributed by atoms with van der Waals surface area (Å²) in [6.07, 6.45) is 3.18. The molecule has 0 unspecified atom stereocenters. The van der Waals surface area contributed by atoms with Gasteiger partial charge in [-0.05, 0) is 19.1 Å². The first-order valence-electron chi connectivity index (χ1n) is 7.31. The number of likely N-dealkylation sites (N-methyl/N-ethyl adjacent to an activating group) is 1. The molecular formula is C16H17N5O2. The molecule has 0 bridgehead atoms. The van der Waals surface area contributed by atoms with Crippen LogP contribution in [0.5, 0.6) is 0 Å². The van der Waals surface area contributed by atoms with Gasteiger partial charge in [0.2, 0.25) is 0 Å². The van der Waals surface area contributed by atoms with Crippen molar-refractivity contribution in [2.24, 2.45) is 0 Å². The number of hydrogen-bond acceptors (Lipinski definition) is 6. The summed E-state index contributed by atoms with van der Waals surface area (Å²) in [5, 5.41) is 5.18. The van der Waals surface area contributed by atoms with Gasteiger partial charge in [0.25, 0.3) is 0 Å². The lowest BCUT2D eigenvalue weighted by Crippen LogP contribution is -2.28. The van der Waals surface area contributed by atoms with Gasteiger partial charge < -0.3 is 9.64 Å². The van der Waals surface area contributed by atoms with E-state index in [1.54, 1.807) is 29.7 Å². The van der Waals surface area contributed by atoms with E-state index in [2.05, 4.69) is 15.1 Å². The van der Waals surface area contributed by atoms with Crippen LogP contribution in [-0.2, 0) is 9.53 Å². The van der Waals surface area contributed by atoms with E-state index in [0.717, 1.165) is 11.1 Å². The molecule has 0 aliphatic rings. The van der Waals surface area contributed by atoms with Crippen LogP contribution in [0.3, 0.4) is 0 Å². The van der Waals surface area contributed by atoms with Gasteiger partial charge >= 0.3 is 5.97 Å². The van der Waals surface area contributed by atoms with E-state index in [9.17, 15) is 4.79 Å². The van der Waals surface area contributed by atoms with Crippen LogP contribution in [0.2, 0.25) is 0 Å². The van der Waals surface area contributed by atoms with E-state index < -0.39 is 0 Å². The summed E-state index contributed by atoms with van der Waals surface area (Å²) in [6, 6.07) is 9.74. The molecule has 0 amide bonds. The largest absolute Gasteiger partial charge is 0.465 e. The van der Waals surface area contributed by atoms with Gasteiger partial charge in [-0.1, -0.05) is 18.2 Å². The normalized spacial score (nSPS) is 10.7. The minimum absolute atomic E-state index is 0.121. The Balaban J connectivity index is 1.97.